The molecule has 0 amide bonds. The molecule has 2 aliphatic heterocycles. The second kappa shape index (κ2) is 25.1. The standard InChI is InChI=1S/C95H85BN4/c1-9-63(10-2)33-23-24-34-64-55-89-91-90(56-64)100(93-79(67-39-19-13-20-40-67)59-70(95(6,7)8)60-80(93)68-41-21-14-22-42-68)88-62-72(98-85-49-31-27-45-75(85)76-46-28-32-50-86(76)98)52-54-82(88)96(91)81-53-51-71(97-83-47-29-25-43-73(83)74-44-26-30-48-84(74)97)61-87(81)99(89)92-77(65-35-15-11-16-36-65)57-69(94(3,4)5)58-78(92)66-37-17-12-18-38-66/h11-22,25-32,35-63H,9-10,23-24,33-34H2,1-8H3. The minimum atomic E-state index is -0.200. The van der Waals surface area contributed by atoms with Crippen LogP contribution in [0.1, 0.15) is 104 Å². The molecule has 0 radical (unpaired) electrons. The van der Waals surface area contributed by atoms with Gasteiger partial charge < -0.3 is 18.9 Å². The third-order valence-electron chi connectivity index (χ3n) is 22.0. The molecule has 0 spiro atoms. The van der Waals surface area contributed by atoms with E-state index in [1.165, 1.54) is 181 Å². The summed E-state index contributed by atoms with van der Waals surface area (Å²) in [6.45, 7) is 18.8. The molecule has 15 aromatic rings. The summed E-state index contributed by atoms with van der Waals surface area (Å²) < 4.78 is 5.04. The molecule has 17 rings (SSSR count). The van der Waals surface area contributed by atoms with Crippen LogP contribution in [0.2, 0.25) is 0 Å². The van der Waals surface area contributed by atoms with Crippen LogP contribution >= 0.6 is 0 Å². The second-order valence-corrected chi connectivity index (χ2v) is 30.1. The summed E-state index contributed by atoms with van der Waals surface area (Å²) in [4.78, 5) is 5.53. The number of nitrogens with zero attached hydrogens (tertiary/aromatic N) is 4. The highest BCUT2D eigenvalue weighted by Crippen LogP contribution is 2.55. The summed E-state index contributed by atoms with van der Waals surface area (Å²) in [7, 11) is 0. The molecular formula is C95H85BN4. The first-order valence-corrected chi connectivity index (χ1v) is 36.4. The van der Waals surface area contributed by atoms with Gasteiger partial charge in [-0.15, -0.1) is 0 Å². The summed E-state index contributed by atoms with van der Waals surface area (Å²) in [5.41, 5.74) is 30.9. The largest absolute Gasteiger partial charge is 0.310 e. The minimum Gasteiger partial charge on any atom is -0.310 e. The normalized spacial score (nSPS) is 12.9. The molecule has 4 heterocycles. The van der Waals surface area contributed by atoms with Crippen molar-refractivity contribution >= 4 is 101 Å². The molecule has 5 heteroatoms. The molecular weight excluding hydrogens is 1210 g/mol. The van der Waals surface area contributed by atoms with E-state index in [4.69, 9.17) is 0 Å². The number of rotatable bonds is 15. The molecule has 0 atom stereocenters. The van der Waals surface area contributed by atoms with E-state index in [1.807, 2.05) is 0 Å². The fourth-order valence-corrected chi connectivity index (χ4v) is 16.8. The lowest BCUT2D eigenvalue weighted by molar-refractivity contribution is 0.434. The number of hydrogen-bond acceptors (Lipinski definition) is 2. The van der Waals surface area contributed by atoms with E-state index in [-0.39, 0.29) is 17.5 Å². The van der Waals surface area contributed by atoms with Crippen molar-refractivity contribution in [3.8, 4) is 55.9 Å². The quantitative estimate of drug-likeness (QED) is 0.0751. The predicted octanol–water partition coefficient (Wildman–Crippen LogP) is 24.4. The average molecular weight is 1290 g/mol. The van der Waals surface area contributed by atoms with Gasteiger partial charge in [0.1, 0.15) is 0 Å². The van der Waals surface area contributed by atoms with Crippen molar-refractivity contribution in [3.63, 3.8) is 0 Å². The van der Waals surface area contributed by atoms with Gasteiger partial charge >= 0.3 is 0 Å². The van der Waals surface area contributed by atoms with Crippen LogP contribution in [-0.2, 0) is 17.3 Å². The van der Waals surface area contributed by atoms with E-state index in [0.717, 1.165) is 24.2 Å². The Morgan fingerprint density at radius 3 is 0.970 bits per heavy atom. The maximum atomic E-state index is 2.77. The van der Waals surface area contributed by atoms with Crippen LogP contribution in [-0.4, -0.2) is 15.8 Å². The Hall–Kier alpha value is -10.9. The number of anilines is 6. The molecule has 488 valence electrons. The first kappa shape index (κ1) is 62.6. The zero-order chi connectivity index (χ0) is 68.0. The number of fused-ring (bicyclic) bond motifs is 10. The van der Waals surface area contributed by atoms with Gasteiger partial charge in [0.2, 0.25) is 0 Å². The number of aromatic nitrogens is 2. The number of unbranched alkanes of at least 4 members (excludes halogenated alkanes) is 1. The van der Waals surface area contributed by atoms with Crippen molar-refractivity contribution in [1.82, 2.24) is 9.13 Å². The molecule has 4 nitrogen and oxygen atoms in total. The highest BCUT2D eigenvalue weighted by molar-refractivity contribution is 7.00. The molecule has 0 fully saturated rings. The van der Waals surface area contributed by atoms with E-state index < -0.39 is 0 Å². The molecule has 0 aliphatic carbocycles. The van der Waals surface area contributed by atoms with E-state index >= 15 is 0 Å². The predicted molar refractivity (Wildman–Crippen MR) is 430 cm³/mol. The summed E-state index contributed by atoms with van der Waals surface area (Å²) in [6.07, 6.45) is 6.82. The lowest BCUT2D eigenvalue weighted by atomic mass is 9.33. The highest BCUT2D eigenvalue weighted by atomic mass is 15.2. The molecule has 2 aromatic heterocycles. The van der Waals surface area contributed by atoms with Crippen LogP contribution in [0.4, 0.5) is 34.1 Å². The molecule has 0 unspecified atom stereocenters. The van der Waals surface area contributed by atoms with E-state index in [9.17, 15) is 0 Å². The second-order valence-electron chi connectivity index (χ2n) is 30.1. The Balaban J connectivity index is 1.06. The van der Waals surface area contributed by atoms with Crippen LogP contribution < -0.4 is 26.2 Å². The Bertz CT molecular complexity index is 5040. The Morgan fingerprint density at radius 2 is 0.650 bits per heavy atom. The summed E-state index contributed by atoms with van der Waals surface area (Å²) >= 11 is 0. The molecule has 0 N–H and O–H groups in total. The van der Waals surface area contributed by atoms with Gasteiger partial charge in [-0.25, -0.2) is 0 Å². The minimum absolute atomic E-state index is 0.175. The first-order chi connectivity index (χ1) is 48.8. The third kappa shape index (κ3) is 10.7. The van der Waals surface area contributed by atoms with Crippen LogP contribution in [0.3, 0.4) is 0 Å². The number of para-hydroxylation sites is 4. The lowest BCUT2D eigenvalue weighted by Crippen LogP contribution is -2.61. The van der Waals surface area contributed by atoms with Gasteiger partial charge in [0.15, 0.2) is 0 Å². The Morgan fingerprint density at radius 1 is 0.330 bits per heavy atom. The van der Waals surface area contributed by atoms with E-state index in [0.29, 0.717) is 5.92 Å². The monoisotopic (exact) mass is 1290 g/mol. The van der Waals surface area contributed by atoms with Gasteiger partial charge in [0.05, 0.1) is 33.4 Å². The van der Waals surface area contributed by atoms with Crippen molar-refractivity contribution in [2.24, 2.45) is 5.92 Å². The van der Waals surface area contributed by atoms with Gasteiger partial charge in [-0.05, 0) is 170 Å². The fourth-order valence-electron chi connectivity index (χ4n) is 16.8. The molecule has 0 saturated heterocycles. The van der Waals surface area contributed by atoms with Crippen LogP contribution in [0.5, 0.6) is 0 Å². The van der Waals surface area contributed by atoms with Gasteiger partial charge in [0.25, 0.3) is 6.71 Å². The summed E-state index contributed by atoms with van der Waals surface area (Å²) in [5.74, 6) is 0.713. The van der Waals surface area contributed by atoms with Crippen molar-refractivity contribution in [1.29, 1.82) is 0 Å². The average Bonchev–Trinajstić information content (AvgIpc) is 0.982. The summed E-state index contributed by atoms with van der Waals surface area (Å²) in [5, 5.41) is 4.97. The molecule has 0 saturated carbocycles. The maximum absolute atomic E-state index is 2.77. The smallest absolute Gasteiger partial charge is 0.252 e. The fraction of sp³-hybridized carbons (Fsp3) is 0.179. The topological polar surface area (TPSA) is 16.3 Å². The van der Waals surface area contributed by atoms with Crippen molar-refractivity contribution in [3.05, 3.63) is 308 Å². The zero-order valence-corrected chi connectivity index (χ0v) is 58.9. The highest BCUT2D eigenvalue weighted by Gasteiger charge is 2.46. The number of benzene rings is 13. The molecule has 0 bridgehead atoms. The van der Waals surface area contributed by atoms with Gasteiger partial charge in [-0.2, -0.15) is 0 Å². The van der Waals surface area contributed by atoms with Gasteiger partial charge in [-0.1, -0.05) is 287 Å². The molecule has 13 aromatic carbocycles. The molecule has 2 aliphatic rings. The lowest BCUT2D eigenvalue weighted by Gasteiger charge is -2.46. The van der Waals surface area contributed by atoms with Gasteiger partial charge in [0, 0.05) is 77.9 Å². The van der Waals surface area contributed by atoms with Crippen molar-refractivity contribution in [2.45, 2.75) is 105 Å². The van der Waals surface area contributed by atoms with Crippen molar-refractivity contribution < 1.29 is 0 Å². The number of hydrogen-bond donors (Lipinski definition) is 0. The Labute approximate surface area is 590 Å². The summed E-state index contributed by atoms with van der Waals surface area (Å²) in [6, 6.07) is 111. The van der Waals surface area contributed by atoms with Crippen molar-refractivity contribution in [2.75, 3.05) is 9.80 Å². The Kier molecular flexibility index (Phi) is 15.7. The SMILES string of the molecule is CCC(CC)CCCCc1cc2c3c(c1)N(c1c(-c4ccccc4)cc(C(C)(C)C)cc1-c1ccccc1)c1cc(-n4c5ccccc5c5ccccc54)ccc1B3c1ccc(-n3c4ccccc4c4ccccc43)cc1N2c1c(-c2ccccc2)cc(C(C)(C)C)cc1-c1ccccc1. The van der Waals surface area contributed by atoms with Crippen LogP contribution in [0.25, 0.3) is 99.5 Å². The number of aryl methyl sites for hydroxylation is 1. The van der Waals surface area contributed by atoms with E-state index in [1.54, 1.807) is 0 Å². The molecule has 100 heavy (non-hydrogen) atoms. The zero-order valence-electron chi connectivity index (χ0n) is 58.9. The van der Waals surface area contributed by atoms with E-state index in [2.05, 4.69) is 366 Å². The third-order valence-corrected chi connectivity index (χ3v) is 22.0. The first-order valence-electron chi connectivity index (χ1n) is 36.4. The maximum Gasteiger partial charge on any atom is 0.252 e. The van der Waals surface area contributed by atoms with Crippen LogP contribution in [0.15, 0.2) is 291 Å². The van der Waals surface area contributed by atoms with Crippen LogP contribution in [0, 0.1) is 5.92 Å². The van der Waals surface area contributed by atoms with Gasteiger partial charge in [-0.3, -0.25) is 0 Å².